The first-order valence-corrected chi connectivity index (χ1v) is 10.2. The summed E-state index contributed by atoms with van der Waals surface area (Å²) in [6, 6.07) is 11.5. The van der Waals surface area contributed by atoms with Crippen LogP contribution in [0.15, 0.2) is 42.6 Å². The minimum absolute atomic E-state index is 0.0601. The van der Waals surface area contributed by atoms with Gasteiger partial charge in [-0.3, -0.25) is 14.6 Å². The molecule has 0 saturated carbocycles. The highest BCUT2D eigenvalue weighted by Crippen LogP contribution is 2.31. The number of carbonyl (C=O) groups excluding carboxylic acids is 2. The number of nitrogens with zero attached hydrogens (tertiary/aromatic N) is 3. The van der Waals surface area contributed by atoms with Gasteiger partial charge in [-0.25, -0.2) is 0 Å². The van der Waals surface area contributed by atoms with E-state index in [0.717, 1.165) is 30.5 Å². The maximum absolute atomic E-state index is 13.1. The lowest BCUT2D eigenvalue weighted by Crippen LogP contribution is -2.52. The molecule has 1 fully saturated rings. The number of amides is 2. The van der Waals surface area contributed by atoms with Crippen molar-refractivity contribution >= 4 is 23.4 Å². The predicted octanol–water partition coefficient (Wildman–Crippen LogP) is 3.07. The average Bonchev–Trinajstić information content (AvgIpc) is 2.74. The lowest BCUT2D eigenvalue weighted by molar-refractivity contribution is -0.140. The molecular weight excluding hydrogens is 374 g/mol. The van der Waals surface area contributed by atoms with Crippen LogP contribution in [0.5, 0.6) is 0 Å². The SMILES string of the molecule is O=C(Cc1ccccc1Cl)N1CCN(C(=O)C2CCCc3cccnc32)CC1. The van der Waals surface area contributed by atoms with Crippen LogP contribution < -0.4 is 0 Å². The molecule has 2 amide bonds. The van der Waals surface area contributed by atoms with E-state index in [2.05, 4.69) is 11.1 Å². The molecule has 0 spiro atoms. The number of aryl methyl sites for hydroxylation is 1. The molecule has 1 aromatic heterocycles. The number of pyridine rings is 1. The summed E-state index contributed by atoms with van der Waals surface area (Å²) in [6.07, 6.45) is 4.94. The maximum atomic E-state index is 13.1. The van der Waals surface area contributed by atoms with Gasteiger partial charge in [-0.15, -0.1) is 0 Å². The highest BCUT2D eigenvalue weighted by atomic mass is 35.5. The lowest BCUT2D eigenvalue weighted by Gasteiger charge is -2.37. The molecular formula is C22H24ClN3O2. The second kappa shape index (κ2) is 8.31. The van der Waals surface area contributed by atoms with E-state index in [9.17, 15) is 9.59 Å². The Bertz CT molecular complexity index is 878. The zero-order valence-corrected chi connectivity index (χ0v) is 16.6. The molecule has 1 atom stereocenters. The molecule has 0 bridgehead atoms. The van der Waals surface area contributed by atoms with Gasteiger partial charge < -0.3 is 9.80 Å². The third kappa shape index (κ3) is 3.90. The van der Waals surface area contributed by atoms with E-state index in [1.165, 1.54) is 5.56 Å². The van der Waals surface area contributed by atoms with Gasteiger partial charge in [-0.2, -0.15) is 0 Å². The van der Waals surface area contributed by atoms with Crippen LogP contribution in [0.1, 0.15) is 35.6 Å². The van der Waals surface area contributed by atoms with Gasteiger partial charge >= 0.3 is 0 Å². The van der Waals surface area contributed by atoms with E-state index in [4.69, 9.17) is 11.6 Å². The number of aromatic nitrogens is 1. The number of carbonyl (C=O) groups is 2. The van der Waals surface area contributed by atoms with Crippen molar-refractivity contribution in [2.75, 3.05) is 26.2 Å². The topological polar surface area (TPSA) is 53.5 Å². The Kier molecular flexibility index (Phi) is 5.62. The Morgan fingerprint density at radius 2 is 1.79 bits per heavy atom. The fourth-order valence-electron chi connectivity index (χ4n) is 4.16. The molecule has 1 aliphatic heterocycles. The number of rotatable bonds is 3. The van der Waals surface area contributed by atoms with Crippen LogP contribution in [0, 0.1) is 0 Å². The van der Waals surface area contributed by atoms with Crippen LogP contribution >= 0.6 is 11.6 Å². The van der Waals surface area contributed by atoms with Crippen molar-refractivity contribution < 1.29 is 9.59 Å². The highest BCUT2D eigenvalue weighted by Gasteiger charge is 2.33. The Morgan fingerprint density at radius 3 is 2.57 bits per heavy atom. The molecule has 5 nitrogen and oxygen atoms in total. The second-order valence-corrected chi connectivity index (χ2v) is 7.87. The zero-order valence-electron chi connectivity index (χ0n) is 15.8. The summed E-state index contributed by atoms with van der Waals surface area (Å²) in [5.41, 5.74) is 2.98. The molecule has 0 radical (unpaired) electrons. The van der Waals surface area contributed by atoms with Crippen LogP contribution in [-0.4, -0.2) is 52.8 Å². The van der Waals surface area contributed by atoms with Gasteiger partial charge in [0.25, 0.3) is 0 Å². The predicted molar refractivity (Wildman–Crippen MR) is 108 cm³/mol. The summed E-state index contributed by atoms with van der Waals surface area (Å²) in [5.74, 6) is 0.0676. The first-order valence-electron chi connectivity index (χ1n) is 9.87. The normalized spacial score (nSPS) is 19.2. The summed E-state index contributed by atoms with van der Waals surface area (Å²) in [4.78, 5) is 33.9. The van der Waals surface area contributed by atoms with Gasteiger partial charge in [0.1, 0.15) is 0 Å². The summed E-state index contributed by atoms with van der Waals surface area (Å²) < 4.78 is 0. The van der Waals surface area contributed by atoms with Crippen LogP contribution in [0.25, 0.3) is 0 Å². The number of halogens is 1. The van der Waals surface area contributed by atoms with Crippen LogP contribution in [-0.2, 0) is 22.4 Å². The molecule has 2 aromatic rings. The van der Waals surface area contributed by atoms with Gasteiger partial charge in [-0.05, 0) is 42.5 Å². The number of hydrogen-bond acceptors (Lipinski definition) is 3. The summed E-state index contributed by atoms with van der Waals surface area (Å²) in [6.45, 7) is 2.28. The fraction of sp³-hybridized carbons (Fsp3) is 0.409. The largest absolute Gasteiger partial charge is 0.339 e. The molecule has 0 N–H and O–H groups in total. The number of benzene rings is 1. The molecule has 4 rings (SSSR count). The van der Waals surface area contributed by atoms with Crippen LogP contribution in [0.3, 0.4) is 0 Å². The van der Waals surface area contributed by atoms with Crippen molar-refractivity contribution in [2.24, 2.45) is 0 Å². The molecule has 2 aliphatic rings. The van der Waals surface area contributed by atoms with Gasteiger partial charge in [0.15, 0.2) is 0 Å². The average molecular weight is 398 g/mol. The maximum Gasteiger partial charge on any atom is 0.231 e. The van der Waals surface area contributed by atoms with Crippen molar-refractivity contribution in [3.63, 3.8) is 0 Å². The summed E-state index contributed by atoms with van der Waals surface area (Å²) >= 11 is 6.17. The molecule has 1 saturated heterocycles. The molecule has 6 heteroatoms. The molecule has 28 heavy (non-hydrogen) atoms. The minimum atomic E-state index is -0.143. The Morgan fingerprint density at radius 1 is 1.04 bits per heavy atom. The van der Waals surface area contributed by atoms with Gasteiger partial charge in [0.2, 0.25) is 11.8 Å². The van der Waals surface area contributed by atoms with Crippen molar-refractivity contribution in [3.8, 4) is 0 Å². The monoisotopic (exact) mass is 397 g/mol. The van der Waals surface area contributed by atoms with E-state index < -0.39 is 0 Å². The standard InChI is InChI=1S/C22H24ClN3O2/c23-19-9-2-1-5-17(19)15-20(27)25-11-13-26(14-12-25)22(28)18-8-3-6-16-7-4-10-24-21(16)18/h1-2,4-5,7,9-10,18H,3,6,8,11-15H2. The van der Waals surface area contributed by atoms with Crippen molar-refractivity contribution in [3.05, 3.63) is 64.4 Å². The van der Waals surface area contributed by atoms with E-state index in [1.54, 1.807) is 12.3 Å². The molecule has 1 aromatic carbocycles. The lowest BCUT2D eigenvalue weighted by atomic mass is 9.85. The van der Waals surface area contributed by atoms with E-state index >= 15 is 0 Å². The van der Waals surface area contributed by atoms with E-state index in [1.807, 2.05) is 34.1 Å². The van der Waals surface area contributed by atoms with Crippen LogP contribution in [0.2, 0.25) is 5.02 Å². The van der Waals surface area contributed by atoms with E-state index in [0.29, 0.717) is 37.6 Å². The zero-order chi connectivity index (χ0) is 19.5. The quantitative estimate of drug-likeness (QED) is 0.799. The first-order chi connectivity index (χ1) is 13.6. The fourth-order valence-corrected chi connectivity index (χ4v) is 4.37. The Hall–Kier alpha value is -2.40. The molecule has 2 heterocycles. The third-order valence-electron chi connectivity index (χ3n) is 5.74. The van der Waals surface area contributed by atoms with Crippen molar-refractivity contribution in [2.45, 2.75) is 31.6 Å². The smallest absolute Gasteiger partial charge is 0.231 e. The first kappa shape index (κ1) is 18.9. The minimum Gasteiger partial charge on any atom is -0.339 e. The van der Waals surface area contributed by atoms with Crippen molar-refractivity contribution in [1.29, 1.82) is 0 Å². The van der Waals surface area contributed by atoms with Gasteiger partial charge in [0, 0.05) is 37.4 Å². The number of fused-ring (bicyclic) bond motifs is 1. The number of hydrogen-bond donors (Lipinski definition) is 0. The van der Waals surface area contributed by atoms with E-state index in [-0.39, 0.29) is 17.7 Å². The third-order valence-corrected chi connectivity index (χ3v) is 6.11. The summed E-state index contributed by atoms with van der Waals surface area (Å²) in [7, 11) is 0. The molecule has 1 aliphatic carbocycles. The summed E-state index contributed by atoms with van der Waals surface area (Å²) in [5, 5.41) is 0.619. The van der Waals surface area contributed by atoms with Crippen molar-refractivity contribution in [1.82, 2.24) is 14.8 Å². The Labute approximate surface area is 170 Å². The van der Waals surface area contributed by atoms with Crippen LogP contribution in [0.4, 0.5) is 0 Å². The number of piperazine rings is 1. The highest BCUT2D eigenvalue weighted by molar-refractivity contribution is 6.31. The molecule has 1 unspecified atom stereocenters. The molecule has 146 valence electrons. The Balaban J connectivity index is 1.36. The second-order valence-electron chi connectivity index (χ2n) is 7.47. The van der Waals surface area contributed by atoms with Gasteiger partial charge in [-0.1, -0.05) is 35.9 Å². The van der Waals surface area contributed by atoms with Gasteiger partial charge in [0.05, 0.1) is 18.0 Å².